The predicted octanol–water partition coefficient (Wildman–Crippen LogP) is 3.41. The zero-order valence-electron chi connectivity index (χ0n) is 15.8. The Kier molecular flexibility index (Phi) is 5.40. The third kappa shape index (κ3) is 4.25. The average molecular weight is 366 g/mol. The lowest BCUT2D eigenvalue weighted by Gasteiger charge is -2.09. The van der Waals surface area contributed by atoms with Gasteiger partial charge in [0.1, 0.15) is 5.82 Å². The molecule has 0 saturated carbocycles. The minimum absolute atomic E-state index is 0.238. The lowest BCUT2D eigenvalue weighted by atomic mass is 10.2. The average Bonchev–Trinajstić information content (AvgIpc) is 3.02. The molecule has 3 aromatic rings. The lowest BCUT2D eigenvalue weighted by molar-refractivity contribution is -0.111. The maximum atomic E-state index is 12.3. The van der Waals surface area contributed by atoms with E-state index >= 15 is 0 Å². The summed E-state index contributed by atoms with van der Waals surface area (Å²) in [6.45, 7) is 6.24. The number of aryl methyl sites for hydroxylation is 2. The second kappa shape index (κ2) is 7.90. The summed E-state index contributed by atoms with van der Waals surface area (Å²) < 4.78 is 12.5. The van der Waals surface area contributed by atoms with Crippen molar-refractivity contribution in [2.75, 3.05) is 19.0 Å². The van der Waals surface area contributed by atoms with Crippen LogP contribution in [0.15, 0.2) is 36.5 Å². The molecule has 0 atom stereocenters. The Morgan fingerprint density at radius 1 is 1.26 bits per heavy atom. The van der Waals surface area contributed by atoms with Crippen molar-refractivity contribution in [3.63, 3.8) is 0 Å². The second-order valence-corrected chi connectivity index (χ2v) is 6.00. The Morgan fingerprint density at radius 3 is 2.81 bits per heavy atom. The molecule has 0 saturated heterocycles. The third-order valence-corrected chi connectivity index (χ3v) is 3.91. The van der Waals surface area contributed by atoms with Crippen LogP contribution in [-0.2, 0) is 4.79 Å². The second-order valence-electron chi connectivity index (χ2n) is 6.00. The Labute approximate surface area is 157 Å². The highest BCUT2D eigenvalue weighted by atomic mass is 16.5. The fourth-order valence-corrected chi connectivity index (χ4v) is 2.74. The maximum Gasteiger partial charge on any atom is 0.248 e. The summed E-state index contributed by atoms with van der Waals surface area (Å²) in [5, 5.41) is 7.13. The third-order valence-electron chi connectivity index (χ3n) is 3.91. The van der Waals surface area contributed by atoms with Crippen LogP contribution < -0.4 is 14.8 Å². The van der Waals surface area contributed by atoms with E-state index in [0.717, 1.165) is 16.8 Å². The molecule has 0 radical (unpaired) electrons. The van der Waals surface area contributed by atoms with Crippen molar-refractivity contribution in [1.29, 1.82) is 0 Å². The molecule has 0 spiro atoms. The van der Waals surface area contributed by atoms with Gasteiger partial charge in [-0.3, -0.25) is 4.79 Å². The molecule has 140 valence electrons. The van der Waals surface area contributed by atoms with Gasteiger partial charge in [0, 0.05) is 6.08 Å². The quantitative estimate of drug-likeness (QED) is 0.677. The smallest absolute Gasteiger partial charge is 0.248 e. The molecule has 0 unspecified atom stereocenters. The first-order chi connectivity index (χ1) is 13.0. The molecule has 2 aromatic heterocycles. The summed E-state index contributed by atoms with van der Waals surface area (Å²) in [7, 11) is 1.59. The minimum atomic E-state index is -0.238. The Hall–Kier alpha value is -3.35. The summed E-state index contributed by atoms with van der Waals surface area (Å²) in [4.78, 5) is 16.6. The molecule has 27 heavy (non-hydrogen) atoms. The number of carbonyl (C=O) groups excluding carboxylic acids is 1. The predicted molar refractivity (Wildman–Crippen MR) is 104 cm³/mol. The molecule has 0 aliphatic rings. The molecule has 0 aliphatic heterocycles. The number of benzene rings is 1. The van der Waals surface area contributed by atoms with Crippen molar-refractivity contribution in [2.24, 2.45) is 0 Å². The van der Waals surface area contributed by atoms with Crippen molar-refractivity contribution in [3.05, 3.63) is 53.5 Å². The number of hydrogen-bond donors (Lipinski definition) is 1. The van der Waals surface area contributed by atoms with Gasteiger partial charge in [-0.15, -0.1) is 0 Å². The van der Waals surface area contributed by atoms with Crippen LogP contribution in [0.3, 0.4) is 0 Å². The zero-order valence-corrected chi connectivity index (χ0v) is 15.8. The number of ether oxygens (including phenoxy) is 2. The number of rotatable bonds is 6. The molecule has 0 aliphatic carbocycles. The SMILES string of the molecule is CCOc1ccc(/C=C/C(=O)Nc2cc(C)c3nc(C)nn3c2)cc1OC. The normalized spacial score (nSPS) is 11.1. The van der Waals surface area contributed by atoms with Gasteiger partial charge in [-0.1, -0.05) is 6.07 Å². The number of amides is 1. The summed E-state index contributed by atoms with van der Waals surface area (Å²) in [5.74, 6) is 1.75. The molecule has 7 heteroatoms. The first-order valence-corrected chi connectivity index (χ1v) is 8.63. The van der Waals surface area contributed by atoms with Gasteiger partial charge >= 0.3 is 0 Å². The first kappa shape index (κ1) is 18.4. The van der Waals surface area contributed by atoms with E-state index in [9.17, 15) is 4.79 Å². The standard InChI is InChI=1S/C20H22N4O3/c1-5-27-17-8-6-15(11-18(17)26-4)7-9-19(25)22-16-10-13(2)20-21-14(3)23-24(20)12-16/h6-12H,5H2,1-4H3,(H,22,25)/b9-7+. The Bertz CT molecular complexity index is 1010. The highest BCUT2D eigenvalue weighted by Gasteiger charge is 2.07. The molecule has 2 heterocycles. The number of fused-ring (bicyclic) bond motifs is 1. The van der Waals surface area contributed by atoms with Gasteiger partial charge in [0.25, 0.3) is 0 Å². The monoisotopic (exact) mass is 366 g/mol. The number of anilines is 1. The number of pyridine rings is 1. The van der Waals surface area contributed by atoms with E-state index in [2.05, 4.69) is 15.4 Å². The first-order valence-electron chi connectivity index (χ1n) is 8.63. The van der Waals surface area contributed by atoms with E-state index in [-0.39, 0.29) is 5.91 Å². The van der Waals surface area contributed by atoms with Crippen LogP contribution in [0.25, 0.3) is 11.7 Å². The molecule has 1 amide bonds. The number of carbonyl (C=O) groups is 1. The Balaban J connectivity index is 1.74. The van der Waals surface area contributed by atoms with Crippen molar-refractivity contribution < 1.29 is 14.3 Å². The molecule has 7 nitrogen and oxygen atoms in total. The molecule has 0 bridgehead atoms. The molecule has 1 N–H and O–H groups in total. The number of nitrogens with zero attached hydrogens (tertiary/aromatic N) is 3. The van der Waals surface area contributed by atoms with Crippen LogP contribution in [0.2, 0.25) is 0 Å². The Morgan fingerprint density at radius 2 is 2.07 bits per heavy atom. The van der Waals surface area contributed by atoms with E-state index in [1.54, 1.807) is 23.9 Å². The largest absolute Gasteiger partial charge is 0.493 e. The van der Waals surface area contributed by atoms with Gasteiger partial charge in [-0.25, -0.2) is 9.50 Å². The van der Waals surface area contributed by atoms with E-state index in [1.807, 2.05) is 45.0 Å². The highest BCUT2D eigenvalue weighted by Crippen LogP contribution is 2.28. The topological polar surface area (TPSA) is 77.8 Å². The van der Waals surface area contributed by atoms with Crippen LogP contribution in [0.5, 0.6) is 11.5 Å². The van der Waals surface area contributed by atoms with Crippen LogP contribution in [0.4, 0.5) is 5.69 Å². The summed E-state index contributed by atoms with van der Waals surface area (Å²) in [6.07, 6.45) is 4.94. The van der Waals surface area contributed by atoms with Gasteiger partial charge in [-0.2, -0.15) is 5.10 Å². The molecule has 1 aromatic carbocycles. The van der Waals surface area contributed by atoms with E-state index in [1.165, 1.54) is 6.08 Å². The maximum absolute atomic E-state index is 12.3. The van der Waals surface area contributed by atoms with Crippen LogP contribution in [-0.4, -0.2) is 34.2 Å². The van der Waals surface area contributed by atoms with Gasteiger partial charge < -0.3 is 14.8 Å². The fraction of sp³-hybridized carbons (Fsp3) is 0.250. The van der Waals surface area contributed by atoms with Gasteiger partial charge in [0.05, 0.1) is 25.6 Å². The van der Waals surface area contributed by atoms with E-state index in [4.69, 9.17) is 9.47 Å². The molecule has 3 rings (SSSR count). The number of methoxy groups -OCH3 is 1. The lowest BCUT2D eigenvalue weighted by Crippen LogP contribution is -2.09. The van der Waals surface area contributed by atoms with Crippen LogP contribution in [0, 0.1) is 13.8 Å². The van der Waals surface area contributed by atoms with E-state index < -0.39 is 0 Å². The number of hydrogen-bond acceptors (Lipinski definition) is 5. The number of nitrogens with one attached hydrogen (secondary N) is 1. The number of aromatic nitrogens is 3. The zero-order chi connectivity index (χ0) is 19.4. The molecular formula is C20H22N4O3. The molecular weight excluding hydrogens is 344 g/mol. The van der Waals surface area contributed by atoms with Crippen LogP contribution >= 0.6 is 0 Å². The van der Waals surface area contributed by atoms with Crippen molar-refractivity contribution in [1.82, 2.24) is 14.6 Å². The van der Waals surface area contributed by atoms with Crippen LogP contribution in [0.1, 0.15) is 23.9 Å². The highest BCUT2D eigenvalue weighted by molar-refractivity contribution is 6.02. The van der Waals surface area contributed by atoms with E-state index in [0.29, 0.717) is 29.6 Å². The van der Waals surface area contributed by atoms with Gasteiger partial charge in [-0.05, 0) is 56.2 Å². The summed E-state index contributed by atoms with van der Waals surface area (Å²) in [5.41, 5.74) is 3.21. The summed E-state index contributed by atoms with van der Waals surface area (Å²) in [6, 6.07) is 7.38. The van der Waals surface area contributed by atoms with Crippen molar-refractivity contribution in [3.8, 4) is 11.5 Å². The van der Waals surface area contributed by atoms with Gasteiger partial charge in [0.15, 0.2) is 17.1 Å². The molecule has 0 fully saturated rings. The van der Waals surface area contributed by atoms with Crippen molar-refractivity contribution >= 4 is 23.3 Å². The minimum Gasteiger partial charge on any atom is -0.493 e. The van der Waals surface area contributed by atoms with Crippen molar-refractivity contribution in [2.45, 2.75) is 20.8 Å². The van der Waals surface area contributed by atoms with Gasteiger partial charge in [0.2, 0.25) is 5.91 Å². The fourth-order valence-electron chi connectivity index (χ4n) is 2.74. The summed E-state index contributed by atoms with van der Waals surface area (Å²) >= 11 is 0.